The van der Waals surface area contributed by atoms with Gasteiger partial charge in [-0.15, -0.1) is 0 Å². The molecule has 0 aliphatic rings. The van der Waals surface area contributed by atoms with E-state index in [9.17, 15) is 75.4 Å². The molecule has 0 saturated carbocycles. The summed E-state index contributed by atoms with van der Waals surface area (Å²) in [4.78, 5) is 0. The fourth-order valence-electron chi connectivity index (χ4n) is 2.78. The van der Waals surface area contributed by atoms with Crippen molar-refractivity contribution >= 4 is 0 Å². The van der Waals surface area contributed by atoms with Crippen LogP contribution >= 0.6 is 0 Å². The summed E-state index contributed by atoms with van der Waals surface area (Å²) in [5.74, 6) is -40.3. The summed E-state index contributed by atoms with van der Waals surface area (Å²) in [5.41, 5.74) is -6.98. The molecular formula is C19H16F16O2. The van der Waals surface area contributed by atoms with Crippen molar-refractivity contribution in [2.75, 3.05) is 6.61 Å². The lowest BCUT2D eigenvalue weighted by atomic mass is 9.82. The first kappa shape index (κ1) is 32.9. The molecule has 1 rings (SSSR count). The lowest BCUT2D eigenvalue weighted by Crippen LogP contribution is -2.70. The molecule has 37 heavy (non-hydrogen) atoms. The van der Waals surface area contributed by atoms with Crippen molar-refractivity contribution in [3.8, 4) is 5.75 Å². The van der Waals surface area contributed by atoms with Gasteiger partial charge in [0.1, 0.15) is 5.75 Å². The van der Waals surface area contributed by atoms with Crippen LogP contribution in [0.15, 0.2) is 24.3 Å². The predicted molar refractivity (Wildman–Crippen MR) is 92.2 cm³/mol. The molecule has 0 saturated heterocycles. The van der Waals surface area contributed by atoms with E-state index < -0.39 is 65.3 Å². The van der Waals surface area contributed by atoms with E-state index in [-0.39, 0.29) is 18.7 Å². The van der Waals surface area contributed by atoms with Crippen molar-refractivity contribution in [3.05, 3.63) is 29.8 Å². The second kappa shape index (κ2) is 9.87. The zero-order valence-corrected chi connectivity index (χ0v) is 18.0. The van der Waals surface area contributed by atoms with E-state index in [0.717, 1.165) is 6.07 Å². The van der Waals surface area contributed by atoms with Gasteiger partial charge in [-0.3, -0.25) is 0 Å². The molecule has 216 valence electrons. The number of aliphatic hydroxyl groups is 1. The molecule has 0 amide bonds. The summed E-state index contributed by atoms with van der Waals surface area (Å²) in [6.07, 6.45) is -17.2. The number of halogens is 16. The minimum atomic E-state index is -8.29. The lowest BCUT2D eigenvalue weighted by molar-refractivity contribution is -0.443. The molecule has 1 unspecified atom stereocenters. The second-order valence-corrected chi connectivity index (χ2v) is 7.76. The number of unbranched alkanes of at least 4 members (excludes halogenated alkanes) is 1. The predicted octanol–water partition coefficient (Wildman–Crippen LogP) is 7.74. The maximum absolute atomic E-state index is 14.2. The van der Waals surface area contributed by atoms with Gasteiger partial charge in [0, 0.05) is 0 Å². The Hall–Kier alpha value is -2.14. The third kappa shape index (κ3) is 5.53. The number of hydrogen-bond donors (Lipinski definition) is 1. The van der Waals surface area contributed by atoms with Crippen LogP contribution in [-0.4, -0.2) is 53.7 Å². The van der Waals surface area contributed by atoms with E-state index in [2.05, 4.69) is 0 Å². The van der Waals surface area contributed by atoms with Gasteiger partial charge in [-0.1, -0.05) is 25.5 Å². The van der Waals surface area contributed by atoms with Gasteiger partial charge in [0.2, 0.25) is 0 Å². The Labute approximate surface area is 197 Å². The molecule has 0 bridgehead atoms. The molecule has 0 heterocycles. The highest BCUT2D eigenvalue weighted by molar-refractivity contribution is 5.34. The van der Waals surface area contributed by atoms with E-state index in [4.69, 9.17) is 4.74 Å². The van der Waals surface area contributed by atoms with Gasteiger partial charge in [-0.25, -0.2) is 0 Å². The second-order valence-electron chi connectivity index (χ2n) is 7.76. The molecule has 0 radical (unpaired) electrons. The Morgan fingerprint density at radius 2 is 1.16 bits per heavy atom. The van der Waals surface area contributed by atoms with Crippen molar-refractivity contribution in [1.82, 2.24) is 0 Å². The summed E-state index contributed by atoms with van der Waals surface area (Å²) >= 11 is 0. The maximum Gasteiger partial charge on any atom is 0.460 e. The summed E-state index contributed by atoms with van der Waals surface area (Å²) < 4.78 is 218. The molecule has 1 atom stereocenters. The minimum Gasteiger partial charge on any atom is -0.494 e. The van der Waals surface area contributed by atoms with Gasteiger partial charge in [-0.05, 0) is 24.1 Å². The number of hydrogen-bond acceptors (Lipinski definition) is 2. The Kier molecular flexibility index (Phi) is 8.77. The Bertz CT molecular complexity index is 921. The van der Waals surface area contributed by atoms with Gasteiger partial charge in [-0.2, -0.15) is 70.2 Å². The van der Waals surface area contributed by atoms with Gasteiger partial charge >= 0.3 is 42.0 Å². The van der Waals surface area contributed by atoms with E-state index >= 15 is 0 Å². The van der Waals surface area contributed by atoms with Crippen LogP contribution in [0.4, 0.5) is 70.2 Å². The number of rotatable bonds is 11. The fraction of sp³-hybridized carbons (Fsp3) is 0.684. The van der Waals surface area contributed by atoms with Crippen LogP contribution in [0.3, 0.4) is 0 Å². The van der Waals surface area contributed by atoms with Gasteiger partial charge in [0.15, 0.2) is 5.60 Å². The van der Waals surface area contributed by atoms with Crippen LogP contribution in [0, 0.1) is 0 Å². The molecule has 0 aliphatic carbocycles. The van der Waals surface area contributed by atoms with Gasteiger partial charge in [0.25, 0.3) is 0 Å². The summed E-state index contributed by atoms with van der Waals surface area (Å²) in [5, 5.41) is 9.92. The quantitative estimate of drug-likeness (QED) is 0.214. The molecule has 0 fully saturated rings. The third-order valence-electron chi connectivity index (χ3n) is 5.02. The van der Waals surface area contributed by atoms with E-state index in [0.29, 0.717) is 18.9 Å². The highest BCUT2D eigenvalue weighted by Gasteiger charge is 2.91. The van der Waals surface area contributed by atoms with Crippen LogP contribution < -0.4 is 4.74 Å². The third-order valence-corrected chi connectivity index (χ3v) is 5.02. The SMILES string of the molecule is CCCCOc1cccc(C(O)(CC(F)(F)C(F)(F)C(F)(F)C(F)(F)C(F)(F)C(F)(F)F)C(F)(F)F)c1. The van der Waals surface area contributed by atoms with Crippen LogP contribution in [0.1, 0.15) is 31.7 Å². The van der Waals surface area contributed by atoms with E-state index in [1.807, 2.05) is 0 Å². The van der Waals surface area contributed by atoms with Crippen molar-refractivity contribution in [3.63, 3.8) is 0 Å². The van der Waals surface area contributed by atoms with E-state index in [1.165, 1.54) is 0 Å². The molecule has 1 N–H and O–H groups in total. The normalized spacial score (nSPS) is 16.5. The fourth-order valence-corrected chi connectivity index (χ4v) is 2.78. The zero-order chi connectivity index (χ0) is 29.5. The molecule has 18 heteroatoms. The van der Waals surface area contributed by atoms with Gasteiger partial charge in [0.05, 0.1) is 13.0 Å². The average Bonchev–Trinajstić information content (AvgIpc) is 2.71. The molecule has 1 aromatic rings. The average molecular weight is 580 g/mol. The zero-order valence-electron chi connectivity index (χ0n) is 18.0. The van der Waals surface area contributed by atoms with E-state index in [1.54, 1.807) is 6.92 Å². The van der Waals surface area contributed by atoms with Crippen LogP contribution in [0.2, 0.25) is 0 Å². The largest absolute Gasteiger partial charge is 0.494 e. The number of ether oxygens (including phenoxy) is 1. The van der Waals surface area contributed by atoms with Crippen molar-refractivity contribution in [1.29, 1.82) is 0 Å². The maximum atomic E-state index is 14.2. The Balaban J connectivity index is 3.62. The van der Waals surface area contributed by atoms with Crippen LogP contribution in [0.25, 0.3) is 0 Å². The first-order chi connectivity index (χ1) is 16.2. The summed E-state index contributed by atoms with van der Waals surface area (Å²) in [7, 11) is 0. The number of benzene rings is 1. The molecular weight excluding hydrogens is 564 g/mol. The smallest absolute Gasteiger partial charge is 0.460 e. The summed E-state index contributed by atoms with van der Waals surface area (Å²) in [6.45, 7) is 1.46. The minimum absolute atomic E-state index is 0.169. The Morgan fingerprint density at radius 1 is 0.676 bits per heavy atom. The monoisotopic (exact) mass is 580 g/mol. The Morgan fingerprint density at radius 3 is 1.59 bits per heavy atom. The lowest BCUT2D eigenvalue weighted by Gasteiger charge is -2.42. The first-order valence-corrected chi connectivity index (χ1v) is 9.73. The van der Waals surface area contributed by atoms with Crippen LogP contribution in [0.5, 0.6) is 5.75 Å². The highest BCUT2D eigenvalue weighted by Crippen LogP contribution is 2.62. The standard InChI is InChI=1S/C19H16F16O2/c1-2-3-7-37-11-6-4-5-10(8-11)12(36,18(30,31)32)9-13(20,21)14(22,23)15(24,25)16(26,27)17(28,29)19(33,34)35/h4-6,8,36H,2-3,7,9H2,1H3. The molecule has 0 aromatic heterocycles. The highest BCUT2D eigenvalue weighted by atomic mass is 19.4. The molecule has 0 spiro atoms. The van der Waals surface area contributed by atoms with Crippen LogP contribution in [-0.2, 0) is 5.60 Å². The molecule has 0 aliphatic heterocycles. The first-order valence-electron chi connectivity index (χ1n) is 9.73. The summed E-state index contributed by atoms with van der Waals surface area (Å²) in [6, 6.07) is 1.85. The van der Waals surface area contributed by atoms with Gasteiger partial charge < -0.3 is 9.84 Å². The number of alkyl halides is 16. The molecule has 2 nitrogen and oxygen atoms in total. The van der Waals surface area contributed by atoms with Crippen molar-refractivity contribution in [2.24, 2.45) is 0 Å². The van der Waals surface area contributed by atoms with Crippen molar-refractivity contribution in [2.45, 2.75) is 73.8 Å². The molecule has 1 aromatic carbocycles. The topological polar surface area (TPSA) is 29.5 Å². The van der Waals surface area contributed by atoms with Crippen molar-refractivity contribution < 1.29 is 80.1 Å².